The molecule has 0 amide bonds. The Morgan fingerprint density at radius 3 is 2.29 bits per heavy atom. The fraction of sp³-hybridized carbons (Fsp3) is 0.400. The van der Waals surface area contributed by atoms with Crippen molar-refractivity contribution in [2.75, 3.05) is 6.54 Å². The van der Waals surface area contributed by atoms with Crippen LogP contribution in [0.3, 0.4) is 0 Å². The average Bonchev–Trinajstić information content (AvgIpc) is 2.52. The van der Waals surface area contributed by atoms with Crippen LogP contribution in [0.4, 0.5) is 0 Å². The topological polar surface area (TPSA) is 12.0 Å². The van der Waals surface area contributed by atoms with Crippen molar-refractivity contribution in [3.05, 3.63) is 71.3 Å². The second-order valence-electron chi connectivity index (χ2n) is 5.87. The third kappa shape index (κ3) is 5.73. The number of rotatable bonds is 8. The molecule has 0 aliphatic carbocycles. The molecule has 0 heterocycles. The van der Waals surface area contributed by atoms with E-state index in [1.165, 1.54) is 29.5 Å². The van der Waals surface area contributed by atoms with E-state index in [1.54, 1.807) is 0 Å². The van der Waals surface area contributed by atoms with Crippen molar-refractivity contribution in [3.8, 4) is 0 Å². The zero-order chi connectivity index (χ0) is 14.9. The van der Waals surface area contributed by atoms with E-state index in [0.717, 1.165) is 19.4 Å². The Bertz CT molecular complexity index is 501. The molecule has 0 aromatic heterocycles. The molecule has 0 bridgehead atoms. The first-order valence-corrected chi connectivity index (χ1v) is 8.10. The highest BCUT2D eigenvalue weighted by molar-refractivity contribution is 5.21. The van der Waals surface area contributed by atoms with Crippen LogP contribution in [-0.4, -0.2) is 12.6 Å². The minimum atomic E-state index is 0.564. The predicted molar refractivity (Wildman–Crippen MR) is 91.7 cm³/mol. The van der Waals surface area contributed by atoms with E-state index in [9.17, 15) is 0 Å². The average molecular weight is 281 g/mol. The van der Waals surface area contributed by atoms with Gasteiger partial charge in [0.25, 0.3) is 0 Å². The van der Waals surface area contributed by atoms with Gasteiger partial charge in [0.1, 0.15) is 0 Å². The summed E-state index contributed by atoms with van der Waals surface area (Å²) in [6.45, 7) is 5.47. The molecular weight excluding hydrogens is 254 g/mol. The zero-order valence-corrected chi connectivity index (χ0v) is 13.3. The maximum atomic E-state index is 3.70. The Balaban J connectivity index is 1.91. The van der Waals surface area contributed by atoms with Crippen molar-refractivity contribution < 1.29 is 0 Å². The highest BCUT2D eigenvalue weighted by Gasteiger charge is 2.09. The van der Waals surface area contributed by atoms with E-state index in [4.69, 9.17) is 0 Å². The summed E-state index contributed by atoms with van der Waals surface area (Å²) in [5.41, 5.74) is 4.20. The van der Waals surface area contributed by atoms with Crippen LogP contribution in [0.25, 0.3) is 0 Å². The largest absolute Gasteiger partial charge is 0.314 e. The van der Waals surface area contributed by atoms with E-state index >= 15 is 0 Å². The van der Waals surface area contributed by atoms with Crippen molar-refractivity contribution in [2.45, 2.75) is 45.6 Å². The quantitative estimate of drug-likeness (QED) is 0.749. The lowest BCUT2D eigenvalue weighted by molar-refractivity contribution is 0.477. The predicted octanol–water partition coefficient (Wildman–Crippen LogP) is 4.54. The second kappa shape index (κ2) is 8.63. The van der Waals surface area contributed by atoms with Gasteiger partial charge in [-0.1, -0.05) is 67.1 Å². The Hall–Kier alpha value is -1.60. The molecule has 21 heavy (non-hydrogen) atoms. The fourth-order valence-electron chi connectivity index (χ4n) is 2.62. The molecule has 0 saturated heterocycles. The standard InChI is InChI=1S/C20H27N/c1-3-15-21-20(16-19-7-5-4-6-8-19)14-13-18-11-9-17(2)10-12-18/h4-12,20-21H,3,13-16H2,1-2H3. The van der Waals surface area contributed by atoms with Gasteiger partial charge < -0.3 is 5.32 Å². The van der Waals surface area contributed by atoms with Crippen LogP contribution in [-0.2, 0) is 12.8 Å². The van der Waals surface area contributed by atoms with Gasteiger partial charge in [0.15, 0.2) is 0 Å². The molecule has 2 aromatic carbocycles. The lowest BCUT2D eigenvalue weighted by atomic mass is 9.98. The highest BCUT2D eigenvalue weighted by atomic mass is 14.9. The molecule has 2 rings (SSSR count). The molecule has 0 radical (unpaired) electrons. The summed E-state index contributed by atoms with van der Waals surface area (Å²) in [5, 5.41) is 3.70. The van der Waals surface area contributed by atoms with Crippen LogP contribution in [0.5, 0.6) is 0 Å². The summed E-state index contributed by atoms with van der Waals surface area (Å²) in [6.07, 6.45) is 4.65. The third-order valence-corrected chi connectivity index (χ3v) is 3.91. The van der Waals surface area contributed by atoms with Crippen molar-refractivity contribution in [1.82, 2.24) is 5.32 Å². The van der Waals surface area contributed by atoms with Gasteiger partial charge in [0, 0.05) is 6.04 Å². The highest BCUT2D eigenvalue weighted by Crippen LogP contribution is 2.11. The molecule has 1 N–H and O–H groups in total. The van der Waals surface area contributed by atoms with Crippen molar-refractivity contribution in [2.24, 2.45) is 0 Å². The minimum absolute atomic E-state index is 0.564. The summed E-state index contributed by atoms with van der Waals surface area (Å²) in [4.78, 5) is 0. The molecule has 0 spiro atoms. The Kier molecular flexibility index (Phi) is 6.49. The van der Waals surface area contributed by atoms with Crippen LogP contribution >= 0.6 is 0 Å². The summed E-state index contributed by atoms with van der Waals surface area (Å²) in [7, 11) is 0. The van der Waals surface area contributed by atoms with Gasteiger partial charge in [-0.05, 0) is 50.3 Å². The van der Waals surface area contributed by atoms with Gasteiger partial charge in [0.2, 0.25) is 0 Å². The number of hydrogen-bond acceptors (Lipinski definition) is 1. The number of aryl methyl sites for hydroxylation is 2. The van der Waals surface area contributed by atoms with Gasteiger partial charge >= 0.3 is 0 Å². The number of nitrogens with one attached hydrogen (secondary N) is 1. The van der Waals surface area contributed by atoms with Gasteiger partial charge in [-0.25, -0.2) is 0 Å². The summed E-state index contributed by atoms with van der Waals surface area (Å²) in [6, 6.07) is 20.3. The van der Waals surface area contributed by atoms with E-state index < -0.39 is 0 Å². The number of hydrogen-bond donors (Lipinski definition) is 1. The fourth-order valence-corrected chi connectivity index (χ4v) is 2.62. The van der Waals surface area contributed by atoms with E-state index in [2.05, 4.69) is 73.8 Å². The molecule has 0 aliphatic rings. The second-order valence-corrected chi connectivity index (χ2v) is 5.87. The maximum absolute atomic E-state index is 3.70. The first-order chi connectivity index (χ1) is 10.3. The molecule has 0 aliphatic heterocycles. The molecule has 1 heteroatoms. The normalized spacial score (nSPS) is 12.3. The smallest absolute Gasteiger partial charge is 0.0111 e. The van der Waals surface area contributed by atoms with E-state index in [0.29, 0.717) is 6.04 Å². The Morgan fingerprint density at radius 2 is 1.62 bits per heavy atom. The molecule has 1 atom stereocenters. The van der Waals surface area contributed by atoms with Crippen LogP contribution in [0, 0.1) is 6.92 Å². The van der Waals surface area contributed by atoms with E-state index in [1.807, 2.05) is 0 Å². The van der Waals surface area contributed by atoms with Crippen molar-refractivity contribution in [1.29, 1.82) is 0 Å². The van der Waals surface area contributed by atoms with Crippen LogP contribution in [0.1, 0.15) is 36.5 Å². The van der Waals surface area contributed by atoms with Crippen LogP contribution in [0.15, 0.2) is 54.6 Å². The van der Waals surface area contributed by atoms with Gasteiger partial charge in [0.05, 0.1) is 0 Å². The molecule has 2 aromatic rings. The van der Waals surface area contributed by atoms with E-state index in [-0.39, 0.29) is 0 Å². The molecule has 0 saturated carbocycles. The zero-order valence-electron chi connectivity index (χ0n) is 13.3. The number of benzene rings is 2. The lowest BCUT2D eigenvalue weighted by Crippen LogP contribution is -2.32. The van der Waals surface area contributed by atoms with Crippen LogP contribution < -0.4 is 5.32 Å². The van der Waals surface area contributed by atoms with Gasteiger partial charge in [-0.2, -0.15) is 0 Å². The summed E-state index contributed by atoms with van der Waals surface area (Å²) < 4.78 is 0. The van der Waals surface area contributed by atoms with Crippen molar-refractivity contribution >= 4 is 0 Å². The SMILES string of the molecule is CCCNC(CCc1ccc(C)cc1)Cc1ccccc1. The summed E-state index contributed by atoms with van der Waals surface area (Å²) >= 11 is 0. The van der Waals surface area contributed by atoms with Gasteiger partial charge in [-0.3, -0.25) is 0 Å². The van der Waals surface area contributed by atoms with Crippen molar-refractivity contribution in [3.63, 3.8) is 0 Å². The van der Waals surface area contributed by atoms with Crippen LogP contribution in [0.2, 0.25) is 0 Å². The lowest BCUT2D eigenvalue weighted by Gasteiger charge is -2.19. The monoisotopic (exact) mass is 281 g/mol. The first kappa shape index (κ1) is 15.8. The molecule has 1 unspecified atom stereocenters. The molecule has 112 valence electrons. The molecule has 0 fully saturated rings. The van der Waals surface area contributed by atoms with Gasteiger partial charge in [-0.15, -0.1) is 0 Å². The molecule has 1 nitrogen and oxygen atoms in total. The minimum Gasteiger partial charge on any atom is -0.314 e. The molecular formula is C20H27N. The first-order valence-electron chi connectivity index (χ1n) is 8.10. The third-order valence-electron chi connectivity index (χ3n) is 3.91. The maximum Gasteiger partial charge on any atom is 0.0111 e. The Morgan fingerprint density at radius 1 is 0.905 bits per heavy atom. The Labute approximate surface area is 129 Å². The summed E-state index contributed by atoms with van der Waals surface area (Å²) in [5.74, 6) is 0.